The van der Waals surface area contributed by atoms with Crippen LogP contribution >= 0.6 is 11.6 Å². The summed E-state index contributed by atoms with van der Waals surface area (Å²) in [4.78, 5) is 39.7. The van der Waals surface area contributed by atoms with Crippen molar-refractivity contribution >= 4 is 41.1 Å². The van der Waals surface area contributed by atoms with Gasteiger partial charge in [-0.3, -0.25) is 19.8 Å². The Morgan fingerprint density at radius 2 is 1.91 bits per heavy atom. The molecule has 2 saturated heterocycles. The first-order valence-corrected chi connectivity index (χ1v) is 10.6. The molecule has 0 unspecified atom stereocenters. The summed E-state index contributed by atoms with van der Waals surface area (Å²) in [7, 11) is 1.43. The number of carbonyl (C=O) groups is 3. The number of amides is 3. The molecule has 0 aromatic heterocycles. The van der Waals surface area contributed by atoms with E-state index in [1.807, 2.05) is 6.07 Å². The molecule has 2 fully saturated rings. The fraction of sp³-hybridized carbons (Fsp3) is 0.261. The summed E-state index contributed by atoms with van der Waals surface area (Å²) in [5.74, 6) is -0.831. The van der Waals surface area contributed by atoms with Crippen LogP contribution in [0.25, 0.3) is 6.08 Å². The Kier molecular flexibility index (Phi) is 6.81. The van der Waals surface area contributed by atoms with Crippen molar-refractivity contribution in [1.29, 1.82) is 0 Å². The van der Waals surface area contributed by atoms with Gasteiger partial charge in [0.1, 0.15) is 5.57 Å². The zero-order chi connectivity index (χ0) is 23.4. The van der Waals surface area contributed by atoms with E-state index in [0.29, 0.717) is 42.6 Å². The number of ether oxygens (including phenoxy) is 3. The number of hydrogen-bond donors (Lipinski definition) is 1. The molecular formula is C23H22ClN3O6. The number of benzene rings is 2. The molecule has 0 bridgehead atoms. The molecule has 2 aliphatic heterocycles. The number of carbonyl (C=O) groups excluding carboxylic acids is 3. The third kappa shape index (κ3) is 4.94. The third-order valence-corrected chi connectivity index (χ3v) is 5.40. The molecule has 10 heteroatoms. The zero-order valence-corrected chi connectivity index (χ0v) is 18.6. The van der Waals surface area contributed by atoms with Crippen molar-refractivity contribution in [3.8, 4) is 11.5 Å². The standard InChI is InChI=1S/C23H22ClN3O6/c1-31-19-13-16(24)11-15(21(19)33-14-20(28)26-7-9-32-10-8-26)12-18-22(29)25-27(23(18)30)17-5-3-2-4-6-17/h2-6,11-13H,7-10,14H2,1H3,(H,25,29)/b18-12-. The molecule has 0 aliphatic carbocycles. The van der Waals surface area contributed by atoms with Gasteiger partial charge in [0, 0.05) is 29.7 Å². The first-order valence-electron chi connectivity index (χ1n) is 10.3. The first kappa shape index (κ1) is 22.6. The van der Waals surface area contributed by atoms with Crippen LogP contribution in [0.3, 0.4) is 0 Å². The van der Waals surface area contributed by atoms with Crippen LogP contribution in [-0.4, -0.2) is 62.6 Å². The molecule has 0 spiro atoms. The Labute approximate surface area is 195 Å². The molecule has 2 heterocycles. The number of nitrogens with zero attached hydrogens (tertiary/aromatic N) is 2. The molecule has 0 saturated carbocycles. The Hall–Kier alpha value is -3.56. The number of para-hydroxylation sites is 1. The van der Waals surface area contributed by atoms with Gasteiger partial charge in [-0.25, -0.2) is 5.01 Å². The zero-order valence-electron chi connectivity index (χ0n) is 17.9. The lowest BCUT2D eigenvalue weighted by atomic mass is 10.1. The van der Waals surface area contributed by atoms with Gasteiger partial charge in [-0.05, 0) is 24.3 Å². The van der Waals surface area contributed by atoms with Crippen LogP contribution in [0.1, 0.15) is 5.56 Å². The minimum atomic E-state index is -0.571. The maximum absolute atomic E-state index is 12.9. The van der Waals surface area contributed by atoms with Gasteiger partial charge >= 0.3 is 0 Å². The van der Waals surface area contributed by atoms with Crippen LogP contribution in [0.4, 0.5) is 5.69 Å². The van der Waals surface area contributed by atoms with Gasteiger partial charge in [0.25, 0.3) is 17.7 Å². The van der Waals surface area contributed by atoms with E-state index in [4.69, 9.17) is 25.8 Å². The highest BCUT2D eigenvalue weighted by Crippen LogP contribution is 2.37. The van der Waals surface area contributed by atoms with E-state index in [-0.39, 0.29) is 29.6 Å². The Morgan fingerprint density at radius 1 is 1.18 bits per heavy atom. The first-order chi connectivity index (χ1) is 16.0. The van der Waals surface area contributed by atoms with E-state index < -0.39 is 11.8 Å². The van der Waals surface area contributed by atoms with Crippen molar-refractivity contribution in [1.82, 2.24) is 10.3 Å². The third-order valence-electron chi connectivity index (χ3n) is 5.18. The summed E-state index contributed by atoms with van der Waals surface area (Å²) < 4.78 is 16.4. The lowest BCUT2D eigenvalue weighted by Crippen LogP contribution is -2.43. The van der Waals surface area contributed by atoms with Crippen molar-refractivity contribution < 1.29 is 28.6 Å². The van der Waals surface area contributed by atoms with Gasteiger partial charge in [0.05, 0.1) is 26.0 Å². The lowest BCUT2D eigenvalue weighted by Gasteiger charge is -2.27. The lowest BCUT2D eigenvalue weighted by molar-refractivity contribution is -0.137. The van der Waals surface area contributed by atoms with Gasteiger partial charge in [-0.1, -0.05) is 29.8 Å². The van der Waals surface area contributed by atoms with Crippen molar-refractivity contribution in [2.75, 3.05) is 45.0 Å². The molecule has 172 valence electrons. The molecule has 4 rings (SSSR count). The molecule has 2 aromatic rings. The largest absolute Gasteiger partial charge is 0.493 e. The minimum absolute atomic E-state index is 0.104. The second-order valence-electron chi connectivity index (χ2n) is 7.28. The summed E-state index contributed by atoms with van der Waals surface area (Å²) in [6, 6.07) is 11.8. The Balaban J connectivity index is 1.62. The topological polar surface area (TPSA) is 97.4 Å². The number of methoxy groups -OCH3 is 1. The van der Waals surface area contributed by atoms with Crippen molar-refractivity contribution in [3.05, 3.63) is 58.6 Å². The van der Waals surface area contributed by atoms with Crippen LogP contribution in [-0.2, 0) is 19.1 Å². The second-order valence-corrected chi connectivity index (χ2v) is 7.72. The number of anilines is 1. The number of nitrogens with one attached hydrogen (secondary N) is 1. The average Bonchev–Trinajstić information content (AvgIpc) is 3.12. The fourth-order valence-electron chi connectivity index (χ4n) is 3.51. The SMILES string of the molecule is COc1cc(Cl)cc(/C=C2/C(=O)NN(c3ccccc3)C2=O)c1OCC(=O)N1CCOCC1. The fourth-order valence-corrected chi connectivity index (χ4v) is 3.73. The summed E-state index contributed by atoms with van der Waals surface area (Å²) >= 11 is 6.22. The molecule has 2 aliphatic rings. The minimum Gasteiger partial charge on any atom is -0.493 e. The molecule has 0 radical (unpaired) electrons. The van der Waals surface area contributed by atoms with E-state index in [1.165, 1.54) is 30.3 Å². The predicted molar refractivity (Wildman–Crippen MR) is 121 cm³/mol. The Bertz CT molecular complexity index is 1100. The molecule has 1 N–H and O–H groups in total. The highest BCUT2D eigenvalue weighted by atomic mass is 35.5. The highest BCUT2D eigenvalue weighted by Gasteiger charge is 2.35. The molecule has 9 nitrogen and oxygen atoms in total. The molecule has 0 atom stereocenters. The van der Waals surface area contributed by atoms with Crippen molar-refractivity contribution in [3.63, 3.8) is 0 Å². The highest BCUT2D eigenvalue weighted by molar-refractivity contribution is 6.32. The molecule has 3 amide bonds. The smallest absolute Gasteiger partial charge is 0.282 e. The van der Waals surface area contributed by atoms with Crippen LogP contribution in [0, 0.1) is 0 Å². The normalized spacial score (nSPS) is 17.3. The van der Waals surface area contributed by atoms with Gasteiger partial charge in [0.15, 0.2) is 18.1 Å². The summed E-state index contributed by atoms with van der Waals surface area (Å²) in [6.45, 7) is 1.68. The van der Waals surface area contributed by atoms with E-state index in [0.717, 1.165) is 0 Å². The van der Waals surface area contributed by atoms with Crippen molar-refractivity contribution in [2.45, 2.75) is 0 Å². The maximum Gasteiger partial charge on any atom is 0.282 e. The molecule has 2 aromatic carbocycles. The number of morpholine rings is 1. The van der Waals surface area contributed by atoms with E-state index in [2.05, 4.69) is 5.43 Å². The average molecular weight is 472 g/mol. The van der Waals surface area contributed by atoms with Gasteiger partial charge in [-0.15, -0.1) is 0 Å². The molecular weight excluding hydrogens is 450 g/mol. The van der Waals surface area contributed by atoms with E-state index in [1.54, 1.807) is 29.2 Å². The number of halogens is 1. The molecule has 33 heavy (non-hydrogen) atoms. The van der Waals surface area contributed by atoms with Crippen LogP contribution in [0.15, 0.2) is 48.0 Å². The number of hydrogen-bond acceptors (Lipinski definition) is 6. The quantitative estimate of drug-likeness (QED) is 0.511. The van der Waals surface area contributed by atoms with Gasteiger partial charge < -0.3 is 19.1 Å². The number of hydrazine groups is 1. The second kappa shape index (κ2) is 9.93. The van der Waals surface area contributed by atoms with Crippen molar-refractivity contribution in [2.24, 2.45) is 0 Å². The monoisotopic (exact) mass is 471 g/mol. The number of rotatable bonds is 6. The predicted octanol–water partition coefficient (Wildman–Crippen LogP) is 2.05. The summed E-state index contributed by atoms with van der Waals surface area (Å²) in [5, 5.41) is 1.48. The van der Waals surface area contributed by atoms with E-state index >= 15 is 0 Å². The van der Waals surface area contributed by atoms with Crippen LogP contribution in [0.5, 0.6) is 11.5 Å². The van der Waals surface area contributed by atoms with Crippen LogP contribution in [0.2, 0.25) is 5.02 Å². The maximum atomic E-state index is 12.9. The Morgan fingerprint density at radius 3 is 2.61 bits per heavy atom. The van der Waals surface area contributed by atoms with E-state index in [9.17, 15) is 14.4 Å². The van der Waals surface area contributed by atoms with Gasteiger partial charge in [0.2, 0.25) is 0 Å². The summed E-state index contributed by atoms with van der Waals surface area (Å²) in [6.07, 6.45) is 1.38. The van der Waals surface area contributed by atoms with Gasteiger partial charge in [-0.2, -0.15) is 0 Å². The summed E-state index contributed by atoms with van der Waals surface area (Å²) in [5.41, 5.74) is 3.30. The van der Waals surface area contributed by atoms with Crippen LogP contribution < -0.4 is 19.9 Å².